The Hall–Kier alpha value is -3.43. The summed E-state index contributed by atoms with van der Waals surface area (Å²) in [6.45, 7) is 1.57. The van der Waals surface area contributed by atoms with Crippen molar-refractivity contribution in [3.8, 4) is 22.9 Å². The Morgan fingerprint density at radius 1 is 1.13 bits per heavy atom. The van der Waals surface area contributed by atoms with E-state index in [1.54, 1.807) is 29.7 Å². The fourth-order valence-corrected chi connectivity index (χ4v) is 4.73. The molecule has 0 saturated carbocycles. The number of benzene rings is 1. The maximum absolute atomic E-state index is 13.3. The van der Waals surface area contributed by atoms with Crippen molar-refractivity contribution in [2.75, 3.05) is 6.79 Å². The highest BCUT2D eigenvalue weighted by atomic mass is 16.7. The van der Waals surface area contributed by atoms with E-state index in [4.69, 9.17) is 19.2 Å². The molecule has 3 aromatic rings. The number of hydrogen-bond acceptors (Lipinski definition) is 8. The highest BCUT2D eigenvalue weighted by molar-refractivity contribution is 5.91. The van der Waals surface area contributed by atoms with Crippen molar-refractivity contribution in [3.63, 3.8) is 0 Å². The summed E-state index contributed by atoms with van der Waals surface area (Å²) in [5, 5.41) is 21.9. The van der Waals surface area contributed by atoms with Crippen molar-refractivity contribution in [1.82, 2.24) is 9.55 Å². The van der Waals surface area contributed by atoms with E-state index in [0.717, 1.165) is 10.9 Å². The molecule has 3 aliphatic heterocycles. The Balaban J connectivity index is 1.65. The van der Waals surface area contributed by atoms with Crippen molar-refractivity contribution in [1.29, 1.82) is 0 Å². The molecule has 5 heterocycles. The molecule has 0 spiro atoms. The van der Waals surface area contributed by atoms with Gasteiger partial charge in [-0.3, -0.25) is 4.79 Å². The van der Waals surface area contributed by atoms with E-state index < -0.39 is 11.6 Å². The topological polar surface area (TPSA) is 120 Å². The van der Waals surface area contributed by atoms with Gasteiger partial charge in [-0.2, -0.15) is 0 Å². The number of esters is 1. The largest absolute Gasteiger partial charge is 0.458 e. The first kappa shape index (κ1) is 18.3. The average Bonchev–Trinajstić information content (AvgIpc) is 3.38. The number of carbonyl (C=O) groups excluding carboxylic acids is 1. The number of fused-ring (bicyclic) bond motifs is 6. The Labute approximate surface area is 175 Å². The van der Waals surface area contributed by atoms with Gasteiger partial charge in [0.2, 0.25) is 6.79 Å². The second kappa shape index (κ2) is 6.05. The number of rotatable bonds is 2. The van der Waals surface area contributed by atoms with E-state index in [-0.39, 0.29) is 49.7 Å². The molecular weight excluding hydrogens is 404 g/mol. The van der Waals surface area contributed by atoms with Crippen molar-refractivity contribution in [2.24, 2.45) is 0 Å². The number of ether oxygens (including phenoxy) is 3. The molecule has 1 aromatic carbocycles. The van der Waals surface area contributed by atoms with Gasteiger partial charge < -0.3 is 29.0 Å². The molecule has 0 radical (unpaired) electrons. The second-order valence-electron chi connectivity index (χ2n) is 7.90. The third-order valence-corrected chi connectivity index (χ3v) is 6.46. The SMILES string of the molecule is CC[C@@]1(O)C(=O)OCc2c1cc1n(c2=O)Cc2c-1nc1cc3c(cc1c2CO)OCO3. The molecular formula is C22H18N2O7. The normalized spacial score (nSPS) is 20.4. The third-order valence-electron chi connectivity index (χ3n) is 6.46. The summed E-state index contributed by atoms with van der Waals surface area (Å²) in [7, 11) is 0. The highest BCUT2D eigenvalue weighted by Gasteiger charge is 2.45. The van der Waals surface area contributed by atoms with Crippen LogP contribution in [0.1, 0.15) is 35.6 Å². The van der Waals surface area contributed by atoms with Gasteiger partial charge in [0.1, 0.15) is 6.61 Å². The molecule has 0 saturated heterocycles. The predicted octanol–water partition coefficient (Wildman–Crippen LogP) is 1.30. The Kier molecular flexibility index (Phi) is 3.58. The number of aliphatic hydroxyl groups is 2. The van der Waals surface area contributed by atoms with Crippen LogP contribution in [0.15, 0.2) is 23.0 Å². The van der Waals surface area contributed by atoms with E-state index in [9.17, 15) is 19.8 Å². The molecule has 3 aliphatic rings. The molecule has 2 aromatic heterocycles. The first-order valence-electron chi connectivity index (χ1n) is 9.99. The molecule has 6 rings (SSSR count). The van der Waals surface area contributed by atoms with Gasteiger partial charge in [0.25, 0.3) is 5.56 Å². The first-order valence-corrected chi connectivity index (χ1v) is 9.99. The minimum absolute atomic E-state index is 0.0745. The summed E-state index contributed by atoms with van der Waals surface area (Å²) < 4.78 is 17.6. The van der Waals surface area contributed by atoms with Crippen LogP contribution in [0.5, 0.6) is 11.5 Å². The lowest BCUT2D eigenvalue weighted by molar-refractivity contribution is -0.172. The summed E-state index contributed by atoms with van der Waals surface area (Å²) in [5.74, 6) is 0.379. The fourth-order valence-electron chi connectivity index (χ4n) is 4.73. The summed E-state index contributed by atoms with van der Waals surface area (Å²) in [4.78, 5) is 30.3. The molecule has 2 N–H and O–H groups in total. The number of hydrogen-bond donors (Lipinski definition) is 2. The molecule has 0 amide bonds. The van der Waals surface area contributed by atoms with Crippen molar-refractivity contribution in [3.05, 3.63) is 50.8 Å². The van der Waals surface area contributed by atoms with E-state index in [1.807, 2.05) is 0 Å². The molecule has 0 fully saturated rings. The van der Waals surface area contributed by atoms with Crippen LogP contribution in [0.25, 0.3) is 22.3 Å². The van der Waals surface area contributed by atoms with Gasteiger partial charge in [-0.25, -0.2) is 9.78 Å². The average molecular weight is 422 g/mol. The van der Waals surface area contributed by atoms with Crippen LogP contribution >= 0.6 is 0 Å². The Morgan fingerprint density at radius 3 is 2.65 bits per heavy atom. The fraction of sp³-hybridized carbons (Fsp3) is 0.318. The lowest BCUT2D eigenvalue weighted by atomic mass is 9.86. The number of carbonyl (C=O) groups is 1. The second-order valence-corrected chi connectivity index (χ2v) is 7.90. The van der Waals surface area contributed by atoms with Crippen LogP contribution in [-0.4, -0.2) is 32.5 Å². The monoisotopic (exact) mass is 422 g/mol. The van der Waals surface area contributed by atoms with Crippen molar-refractivity contribution in [2.45, 2.75) is 38.7 Å². The van der Waals surface area contributed by atoms with Crippen molar-refractivity contribution < 1.29 is 29.2 Å². The van der Waals surface area contributed by atoms with Crippen LogP contribution in [0.4, 0.5) is 0 Å². The number of nitrogens with zero attached hydrogens (tertiary/aromatic N) is 2. The molecule has 0 unspecified atom stereocenters. The van der Waals surface area contributed by atoms with Crippen LogP contribution in [-0.2, 0) is 34.9 Å². The minimum Gasteiger partial charge on any atom is -0.458 e. The lowest BCUT2D eigenvalue weighted by Crippen LogP contribution is -2.44. The maximum Gasteiger partial charge on any atom is 0.343 e. The first-order chi connectivity index (χ1) is 15.0. The van der Waals surface area contributed by atoms with E-state index in [2.05, 4.69) is 0 Å². The summed E-state index contributed by atoms with van der Waals surface area (Å²) in [6.07, 6.45) is 0.0745. The number of aliphatic hydroxyl groups excluding tert-OH is 1. The van der Waals surface area contributed by atoms with E-state index in [0.29, 0.717) is 34.0 Å². The number of aromatic nitrogens is 2. The summed E-state index contributed by atoms with van der Waals surface area (Å²) in [6, 6.07) is 5.19. The van der Waals surface area contributed by atoms with E-state index in [1.165, 1.54) is 0 Å². The van der Waals surface area contributed by atoms with Gasteiger partial charge in [0, 0.05) is 22.6 Å². The van der Waals surface area contributed by atoms with Crippen LogP contribution in [0, 0.1) is 0 Å². The Morgan fingerprint density at radius 2 is 1.90 bits per heavy atom. The van der Waals surface area contributed by atoms with Gasteiger partial charge in [-0.05, 0) is 24.1 Å². The zero-order valence-corrected chi connectivity index (χ0v) is 16.6. The third kappa shape index (κ3) is 2.24. The zero-order valence-electron chi connectivity index (χ0n) is 16.6. The molecule has 158 valence electrons. The molecule has 31 heavy (non-hydrogen) atoms. The predicted molar refractivity (Wildman–Crippen MR) is 107 cm³/mol. The number of cyclic esters (lactones) is 1. The number of pyridine rings is 2. The van der Waals surface area contributed by atoms with Gasteiger partial charge in [0.15, 0.2) is 17.1 Å². The molecule has 0 aliphatic carbocycles. The lowest BCUT2D eigenvalue weighted by Gasteiger charge is -2.31. The van der Waals surface area contributed by atoms with Crippen LogP contribution in [0.2, 0.25) is 0 Å². The van der Waals surface area contributed by atoms with E-state index >= 15 is 0 Å². The van der Waals surface area contributed by atoms with Gasteiger partial charge >= 0.3 is 5.97 Å². The summed E-state index contributed by atoms with van der Waals surface area (Å²) >= 11 is 0. The van der Waals surface area contributed by atoms with Gasteiger partial charge in [-0.1, -0.05) is 6.92 Å². The standard InChI is InChI=1S/C22H18N2O7/c1-2-22(28)14-4-16-19-11(6-24(16)20(26)13(14)8-29-21(22)27)12(7-25)10-3-17-18(31-9-30-17)5-15(10)23-19/h3-5,25,28H,2,6-9H2,1H3/t22-/m0/s1. The molecule has 9 heteroatoms. The molecule has 9 nitrogen and oxygen atoms in total. The van der Waals surface area contributed by atoms with Crippen molar-refractivity contribution >= 4 is 16.9 Å². The Bertz CT molecular complexity index is 1380. The molecule has 1 atom stereocenters. The minimum atomic E-state index is -1.88. The van der Waals surface area contributed by atoms with Gasteiger partial charge in [-0.15, -0.1) is 0 Å². The van der Waals surface area contributed by atoms with Crippen LogP contribution < -0.4 is 15.0 Å². The molecule has 0 bridgehead atoms. The summed E-state index contributed by atoms with van der Waals surface area (Å²) in [5.41, 5.74) is 1.29. The van der Waals surface area contributed by atoms with Crippen LogP contribution in [0.3, 0.4) is 0 Å². The zero-order chi connectivity index (χ0) is 21.5. The maximum atomic E-state index is 13.3. The smallest absolute Gasteiger partial charge is 0.343 e. The highest BCUT2D eigenvalue weighted by Crippen LogP contribution is 2.43. The van der Waals surface area contributed by atoms with Gasteiger partial charge in [0.05, 0.1) is 35.6 Å². The quantitative estimate of drug-likeness (QED) is 0.464.